The maximum Gasteiger partial charge on any atom is 0.265 e. The molecule has 2 fully saturated rings. The van der Waals surface area contributed by atoms with Crippen LogP contribution < -0.4 is 15.4 Å². The van der Waals surface area contributed by atoms with Gasteiger partial charge in [-0.15, -0.1) is 0 Å². The molecule has 5 rings (SSSR count). The van der Waals surface area contributed by atoms with Gasteiger partial charge >= 0.3 is 0 Å². The minimum absolute atomic E-state index is 0.279. The van der Waals surface area contributed by atoms with Crippen LogP contribution in [0.4, 0.5) is 5.69 Å². The summed E-state index contributed by atoms with van der Waals surface area (Å²) in [6.45, 7) is 1.55. The number of halogens is 1. The SMILES string of the molecule is Cc1ccc(N2C(=O)C3ON(CC(N)=O)C(c4cccc(Oc5ccccc5)c4)C3C2=O)cc1Cl. The predicted molar refractivity (Wildman–Crippen MR) is 129 cm³/mol. The number of hydroxylamine groups is 2. The number of hydrogen-bond donors (Lipinski definition) is 1. The van der Waals surface area contributed by atoms with E-state index in [-0.39, 0.29) is 6.54 Å². The lowest BCUT2D eigenvalue weighted by Gasteiger charge is -2.26. The Labute approximate surface area is 206 Å². The van der Waals surface area contributed by atoms with Gasteiger partial charge in [-0.1, -0.05) is 48.0 Å². The quantitative estimate of drug-likeness (QED) is 0.526. The standard InChI is InChI=1S/C26H22ClN3O5/c1-15-10-11-17(13-20(15)27)30-25(32)22-23(29(14-21(28)31)35-24(22)26(30)33)16-6-5-9-19(12-16)34-18-7-3-2-4-8-18/h2-13,22-24H,14H2,1H3,(H2,28,31). The van der Waals surface area contributed by atoms with Crippen LogP contribution in [0.2, 0.25) is 5.02 Å². The van der Waals surface area contributed by atoms with E-state index in [9.17, 15) is 14.4 Å². The molecule has 0 saturated carbocycles. The number of para-hydroxylation sites is 1. The maximum atomic E-state index is 13.6. The number of ether oxygens (including phenoxy) is 1. The van der Waals surface area contributed by atoms with E-state index in [2.05, 4.69) is 0 Å². The third-order valence-electron chi connectivity index (χ3n) is 6.10. The summed E-state index contributed by atoms with van der Waals surface area (Å²) in [6.07, 6.45) is -1.09. The van der Waals surface area contributed by atoms with Crippen molar-refractivity contribution in [3.63, 3.8) is 0 Å². The van der Waals surface area contributed by atoms with E-state index < -0.39 is 35.8 Å². The van der Waals surface area contributed by atoms with Gasteiger partial charge in [0.25, 0.3) is 5.91 Å². The molecule has 9 heteroatoms. The average molecular weight is 492 g/mol. The molecule has 0 bridgehead atoms. The van der Waals surface area contributed by atoms with Crippen molar-refractivity contribution >= 4 is 35.0 Å². The molecule has 0 spiro atoms. The zero-order chi connectivity index (χ0) is 24.7. The van der Waals surface area contributed by atoms with E-state index in [1.807, 2.05) is 37.3 Å². The Bertz CT molecular complexity index is 1320. The number of carbonyl (C=O) groups is 3. The molecule has 2 saturated heterocycles. The summed E-state index contributed by atoms with van der Waals surface area (Å²) in [4.78, 5) is 45.6. The zero-order valence-electron chi connectivity index (χ0n) is 18.8. The number of aryl methyl sites for hydroxylation is 1. The predicted octanol–water partition coefficient (Wildman–Crippen LogP) is 3.77. The number of nitrogens with two attached hydrogens (primary N) is 1. The number of primary amides is 1. The second kappa shape index (κ2) is 9.14. The van der Waals surface area contributed by atoms with Crippen LogP contribution in [0.25, 0.3) is 0 Å². The lowest BCUT2D eigenvalue weighted by molar-refractivity contribution is -0.175. The Kier molecular flexibility index (Phi) is 6.02. The number of amides is 3. The fraction of sp³-hybridized carbons (Fsp3) is 0.192. The first-order valence-electron chi connectivity index (χ1n) is 11.0. The molecule has 35 heavy (non-hydrogen) atoms. The lowest BCUT2D eigenvalue weighted by atomic mass is 9.90. The molecule has 0 aromatic heterocycles. The molecule has 2 N–H and O–H groups in total. The highest BCUT2D eigenvalue weighted by Crippen LogP contribution is 2.46. The van der Waals surface area contributed by atoms with Gasteiger partial charge in [0.15, 0.2) is 6.10 Å². The van der Waals surface area contributed by atoms with E-state index >= 15 is 0 Å². The van der Waals surface area contributed by atoms with Crippen molar-refractivity contribution < 1.29 is 24.0 Å². The van der Waals surface area contributed by atoms with E-state index in [0.717, 1.165) is 10.5 Å². The number of hydrogen-bond acceptors (Lipinski definition) is 6. The first-order chi connectivity index (χ1) is 16.8. The van der Waals surface area contributed by atoms with Crippen LogP contribution in [-0.2, 0) is 19.2 Å². The van der Waals surface area contributed by atoms with Crippen molar-refractivity contribution in [3.05, 3.63) is 88.9 Å². The van der Waals surface area contributed by atoms with Crippen LogP contribution in [0.15, 0.2) is 72.8 Å². The van der Waals surface area contributed by atoms with Gasteiger partial charge in [0.2, 0.25) is 11.8 Å². The van der Waals surface area contributed by atoms with Gasteiger partial charge in [0, 0.05) is 5.02 Å². The molecule has 3 amide bonds. The van der Waals surface area contributed by atoms with Crippen LogP contribution in [0.1, 0.15) is 17.2 Å². The first-order valence-corrected chi connectivity index (χ1v) is 11.4. The Morgan fingerprint density at radius 1 is 1.00 bits per heavy atom. The van der Waals surface area contributed by atoms with Crippen molar-refractivity contribution in [2.75, 3.05) is 11.4 Å². The Hall–Kier alpha value is -3.72. The fourth-order valence-electron chi connectivity index (χ4n) is 4.49. The normalized spacial score (nSPS) is 21.9. The molecule has 3 aromatic carbocycles. The summed E-state index contributed by atoms with van der Waals surface area (Å²) in [6, 6.07) is 20.6. The Morgan fingerprint density at radius 2 is 1.74 bits per heavy atom. The van der Waals surface area contributed by atoms with Crippen molar-refractivity contribution in [3.8, 4) is 11.5 Å². The molecular weight excluding hydrogens is 470 g/mol. The topological polar surface area (TPSA) is 102 Å². The second-order valence-electron chi connectivity index (χ2n) is 8.47. The van der Waals surface area contributed by atoms with Gasteiger partial charge in [0.1, 0.15) is 18.0 Å². The van der Waals surface area contributed by atoms with Crippen molar-refractivity contribution in [1.82, 2.24) is 5.06 Å². The zero-order valence-corrected chi connectivity index (χ0v) is 19.5. The van der Waals surface area contributed by atoms with Crippen LogP contribution in [0.5, 0.6) is 11.5 Å². The minimum atomic E-state index is -1.09. The monoisotopic (exact) mass is 491 g/mol. The number of nitrogens with zero attached hydrogens (tertiary/aromatic N) is 2. The summed E-state index contributed by atoms with van der Waals surface area (Å²) in [5, 5.41) is 1.76. The number of imide groups is 1. The van der Waals surface area contributed by atoms with E-state index in [4.69, 9.17) is 26.9 Å². The molecule has 2 aliphatic heterocycles. The van der Waals surface area contributed by atoms with E-state index in [0.29, 0.717) is 27.8 Å². The van der Waals surface area contributed by atoms with Crippen LogP contribution >= 0.6 is 11.6 Å². The summed E-state index contributed by atoms with van der Waals surface area (Å²) in [5.41, 5.74) is 7.28. The van der Waals surface area contributed by atoms with Gasteiger partial charge < -0.3 is 10.5 Å². The molecular formula is C26H22ClN3O5. The molecule has 0 aliphatic carbocycles. The fourth-order valence-corrected chi connectivity index (χ4v) is 4.67. The van der Waals surface area contributed by atoms with Crippen molar-refractivity contribution in [2.45, 2.75) is 19.1 Å². The van der Waals surface area contributed by atoms with Gasteiger partial charge in [-0.25, -0.2) is 4.90 Å². The third-order valence-corrected chi connectivity index (χ3v) is 6.51. The largest absolute Gasteiger partial charge is 0.457 e. The van der Waals surface area contributed by atoms with Gasteiger partial charge in [-0.2, -0.15) is 5.06 Å². The van der Waals surface area contributed by atoms with Crippen molar-refractivity contribution in [1.29, 1.82) is 0 Å². The number of anilines is 1. The smallest absolute Gasteiger partial charge is 0.265 e. The van der Waals surface area contributed by atoms with Gasteiger partial charge in [0.05, 0.1) is 17.6 Å². The van der Waals surface area contributed by atoms with Crippen molar-refractivity contribution in [2.24, 2.45) is 11.7 Å². The number of rotatable bonds is 6. The molecule has 3 aromatic rings. The number of benzene rings is 3. The molecule has 3 atom stereocenters. The second-order valence-corrected chi connectivity index (χ2v) is 8.88. The molecule has 3 unspecified atom stereocenters. The van der Waals surface area contributed by atoms with Gasteiger partial charge in [-0.3, -0.25) is 19.2 Å². The molecule has 8 nitrogen and oxygen atoms in total. The average Bonchev–Trinajstić information content (AvgIpc) is 3.31. The van der Waals surface area contributed by atoms with Crippen LogP contribution in [-0.4, -0.2) is 35.4 Å². The highest BCUT2D eigenvalue weighted by Gasteiger charge is 2.60. The van der Waals surface area contributed by atoms with Gasteiger partial charge in [-0.05, 0) is 54.4 Å². The highest BCUT2D eigenvalue weighted by molar-refractivity contribution is 6.32. The van der Waals surface area contributed by atoms with E-state index in [1.165, 1.54) is 5.06 Å². The third kappa shape index (κ3) is 4.27. The Morgan fingerprint density at radius 3 is 2.46 bits per heavy atom. The minimum Gasteiger partial charge on any atom is -0.457 e. The first kappa shape index (κ1) is 23.0. The Balaban J connectivity index is 1.50. The summed E-state index contributed by atoms with van der Waals surface area (Å²) < 4.78 is 5.94. The molecule has 178 valence electrons. The molecule has 2 heterocycles. The summed E-state index contributed by atoms with van der Waals surface area (Å²) in [5.74, 6) is -1.30. The highest BCUT2D eigenvalue weighted by atomic mass is 35.5. The number of carbonyl (C=O) groups excluding carboxylic acids is 3. The van der Waals surface area contributed by atoms with Crippen LogP contribution in [0, 0.1) is 12.8 Å². The summed E-state index contributed by atoms with van der Waals surface area (Å²) >= 11 is 6.24. The van der Waals surface area contributed by atoms with E-state index in [1.54, 1.807) is 42.5 Å². The summed E-state index contributed by atoms with van der Waals surface area (Å²) in [7, 11) is 0. The number of fused-ring (bicyclic) bond motifs is 1. The van der Waals surface area contributed by atoms with Crippen LogP contribution in [0.3, 0.4) is 0 Å². The molecule has 0 radical (unpaired) electrons. The lowest BCUT2D eigenvalue weighted by Crippen LogP contribution is -2.40. The maximum absolute atomic E-state index is 13.6. The molecule has 2 aliphatic rings.